The van der Waals surface area contributed by atoms with Gasteiger partial charge in [-0.05, 0) is 42.9 Å². The maximum atomic E-state index is 13.3. The molecular weight excluding hydrogens is 498 g/mol. The summed E-state index contributed by atoms with van der Waals surface area (Å²) >= 11 is 1.42. The van der Waals surface area contributed by atoms with E-state index in [4.69, 9.17) is 23.7 Å². The van der Waals surface area contributed by atoms with Gasteiger partial charge >= 0.3 is 5.97 Å². The first-order chi connectivity index (χ1) is 18.0. The molecule has 0 saturated carbocycles. The molecule has 200 valence electrons. The van der Waals surface area contributed by atoms with Gasteiger partial charge in [0.15, 0.2) is 16.7 Å². The lowest BCUT2D eigenvalue weighted by Crippen LogP contribution is -2.39. The van der Waals surface area contributed by atoms with Gasteiger partial charge in [-0.3, -0.25) is 4.79 Å². The number of hydrogen-bond acceptors (Lipinski definition) is 10. The number of aliphatic imine (C=N–C) groups is 1. The van der Waals surface area contributed by atoms with Crippen molar-refractivity contribution in [1.82, 2.24) is 10.2 Å². The molecule has 0 bridgehead atoms. The van der Waals surface area contributed by atoms with Crippen molar-refractivity contribution < 1.29 is 33.3 Å². The molecule has 3 aliphatic rings. The van der Waals surface area contributed by atoms with E-state index in [1.54, 1.807) is 34.3 Å². The van der Waals surface area contributed by atoms with Crippen LogP contribution >= 0.6 is 11.8 Å². The van der Waals surface area contributed by atoms with Crippen LogP contribution in [0.5, 0.6) is 11.5 Å². The van der Waals surface area contributed by atoms with Crippen molar-refractivity contribution in [2.45, 2.75) is 38.3 Å². The topological polar surface area (TPSA) is 108 Å². The Bertz CT molecular complexity index is 1110. The number of hydrogen-bond donors (Lipinski definition) is 1. The van der Waals surface area contributed by atoms with Gasteiger partial charge in [0.05, 0.1) is 50.7 Å². The van der Waals surface area contributed by atoms with Gasteiger partial charge < -0.3 is 33.9 Å². The minimum absolute atomic E-state index is 0.0570. The van der Waals surface area contributed by atoms with Crippen LogP contribution in [0, 0.1) is 0 Å². The lowest BCUT2D eigenvalue weighted by atomic mass is 9.93. The van der Waals surface area contributed by atoms with Crippen LogP contribution in [0.25, 0.3) is 0 Å². The molecule has 0 spiro atoms. The zero-order chi connectivity index (χ0) is 26.4. The van der Waals surface area contributed by atoms with E-state index in [0.717, 1.165) is 30.7 Å². The second kappa shape index (κ2) is 12.5. The summed E-state index contributed by atoms with van der Waals surface area (Å²) in [6, 6.07) is 4.93. The molecule has 37 heavy (non-hydrogen) atoms. The molecule has 10 nitrogen and oxygen atoms in total. The molecule has 3 aliphatic heterocycles. The van der Waals surface area contributed by atoms with Gasteiger partial charge in [0.2, 0.25) is 5.91 Å². The van der Waals surface area contributed by atoms with Crippen LogP contribution in [-0.4, -0.2) is 75.7 Å². The first kappa shape index (κ1) is 27.0. The fraction of sp³-hybridized carbons (Fsp3) is 0.500. The number of carbonyl (C=O) groups is 2. The number of esters is 1. The van der Waals surface area contributed by atoms with E-state index in [1.807, 2.05) is 22.4 Å². The van der Waals surface area contributed by atoms with Crippen LogP contribution in [-0.2, 0) is 23.8 Å². The number of thioether (sulfide) groups is 1. The Balaban J connectivity index is 1.64. The van der Waals surface area contributed by atoms with Crippen molar-refractivity contribution >= 4 is 28.8 Å². The van der Waals surface area contributed by atoms with Crippen LogP contribution in [0.2, 0.25) is 0 Å². The number of ether oxygens (including phenoxy) is 5. The number of allylic oxidation sites excluding steroid dienone is 1. The molecule has 11 heteroatoms. The van der Waals surface area contributed by atoms with Gasteiger partial charge in [0.1, 0.15) is 6.61 Å². The average Bonchev–Trinajstić information content (AvgIpc) is 3.56. The summed E-state index contributed by atoms with van der Waals surface area (Å²) in [4.78, 5) is 32.8. The molecule has 1 amide bonds. The number of fused-ring (bicyclic) bond motifs is 1. The summed E-state index contributed by atoms with van der Waals surface area (Å²) in [6.07, 6.45) is 2.15. The molecule has 1 N–H and O–H groups in total. The molecule has 1 saturated heterocycles. The van der Waals surface area contributed by atoms with Crippen LogP contribution in [0.3, 0.4) is 0 Å². The molecule has 0 aliphatic carbocycles. The molecule has 3 heterocycles. The first-order valence-corrected chi connectivity index (χ1v) is 13.1. The van der Waals surface area contributed by atoms with E-state index in [2.05, 4.69) is 10.3 Å². The largest absolute Gasteiger partial charge is 0.493 e. The second-order valence-electron chi connectivity index (χ2n) is 8.75. The van der Waals surface area contributed by atoms with E-state index in [0.29, 0.717) is 34.5 Å². The van der Waals surface area contributed by atoms with E-state index < -0.39 is 12.0 Å². The van der Waals surface area contributed by atoms with Crippen molar-refractivity contribution in [3.05, 3.63) is 46.1 Å². The van der Waals surface area contributed by atoms with Gasteiger partial charge in [-0.2, -0.15) is 0 Å². The molecule has 2 atom stereocenters. The van der Waals surface area contributed by atoms with Crippen molar-refractivity contribution in [2.24, 2.45) is 4.99 Å². The highest BCUT2D eigenvalue weighted by Gasteiger charge is 2.41. The zero-order valence-corrected chi connectivity index (χ0v) is 22.4. The molecule has 0 aromatic heterocycles. The van der Waals surface area contributed by atoms with E-state index in [1.165, 1.54) is 11.8 Å². The Labute approximate surface area is 221 Å². The summed E-state index contributed by atoms with van der Waals surface area (Å²) in [5.41, 5.74) is 2.46. The summed E-state index contributed by atoms with van der Waals surface area (Å²) in [5.74, 6) is 0.489. The van der Waals surface area contributed by atoms with E-state index in [9.17, 15) is 9.59 Å². The van der Waals surface area contributed by atoms with E-state index in [-0.39, 0.29) is 31.6 Å². The number of rotatable bonds is 11. The Hall–Kier alpha value is -3.02. The van der Waals surface area contributed by atoms with E-state index >= 15 is 0 Å². The third-order valence-corrected chi connectivity index (χ3v) is 7.25. The molecule has 1 aromatic rings. The average molecular weight is 532 g/mol. The summed E-state index contributed by atoms with van der Waals surface area (Å²) in [6.45, 7) is 3.40. The Morgan fingerprint density at radius 3 is 2.70 bits per heavy atom. The molecular formula is C26H33N3O7S. The van der Waals surface area contributed by atoms with Crippen molar-refractivity contribution in [1.29, 1.82) is 0 Å². The Morgan fingerprint density at radius 1 is 1.19 bits per heavy atom. The Morgan fingerprint density at radius 2 is 2.00 bits per heavy atom. The quantitative estimate of drug-likeness (QED) is 0.340. The van der Waals surface area contributed by atoms with Crippen LogP contribution in [0.15, 0.2) is 45.6 Å². The number of nitrogens with one attached hydrogen (secondary N) is 1. The molecule has 0 radical (unpaired) electrons. The smallest absolute Gasteiger partial charge is 0.338 e. The van der Waals surface area contributed by atoms with Crippen LogP contribution in [0.1, 0.15) is 37.8 Å². The third-order valence-electron chi connectivity index (χ3n) is 6.36. The predicted molar refractivity (Wildman–Crippen MR) is 139 cm³/mol. The standard InChI is InChI=1S/C26H33N3O7S/c1-16-23(25(31)36-11-10-32-2)24(17-7-8-20(33-3)21(12-17)34-4)29-18(15-37-26(29)28-16)13-22(30)27-14-19-6-5-9-35-19/h7-8,12,15,19,24H,5-6,9-11,13-14H2,1-4H3,(H,27,30). The normalized spacial score (nSPS) is 20.8. The number of methoxy groups -OCH3 is 3. The highest BCUT2D eigenvalue weighted by molar-refractivity contribution is 8.16. The highest BCUT2D eigenvalue weighted by Crippen LogP contribution is 2.46. The summed E-state index contributed by atoms with van der Waals surface area (Å²) in [5, 5.41) is 5.57. The zero-order valence-electron chi connectivity index (χ0n) is 21.6. The molecule has 2 unspecified atom stereocenters. The van der Waals surface area contributed by atoms with Gasteiger partial charge in [0.25, 0.3) is 0 Å². The molecule has 1 fully saturated rings. The second-order valence-corrected chi connectivity index (χ2v) is 9.59. The monoisotopic (exact) mass is 531 g/mol. The maximum Gasteiger partial charge on any atom is 0.338 e. The maximum absolute atomic E-state index is 13.3. The van der Waals surface area contributed by atoms with Crippen LogP contribution < -0.4 is 14.8 Å². The number of nitrogens with zero attached hydrogens (tertiary/aromatic N) is 2. The van der Waals surface area contributed by atoms with Crippen molar-refractivity contribution in [3.8, 4) is 11.5 Å². The first-order valence-electron chi connectivity index (χ1n) is 12.2. The fourth-order valence-corrected chi connectivity index (χ4v) is 5.49. The minimum Gasteiger partial charge on any atom is -0.493 e. The summed E-state index contributed by atoms with van der Waals surface area (Å²) in [7, 11) is 4.68. The lowest BCUT2D eigenvalue weighted by Gasteiger charge is -2.36. The van der Waals surface area contributed by atoms with Crippen molar-refractivity contribution in [3.63, 3.8) is 0 Å². The minimum atomic E-state index is -0.574. The number of carbonyl (C=O) groups excluding carboxylic acids is 2. The number of benzene rings is 1. The lowest BCUT2D eigenvalue weighted by molar-refractivity contribution is -0.141. The molecule has 1 aromatic carbocycles. The third kappa shape index (κ3) is 6.11. The fourth-order valence-electron chi connectivity index (χ4n) is 4.52. The van der Waals surface area contributed by atoms with Crippen molar-refractivity contribution in [2.75, 3.05) is 47.7 Å². The van der Waals surface area contributed by atoms with Gasteiger partial charge in [-0.25, -0.2) is 9.79 Å². The van der Waals surface area contributed by atoms with Gasteiger partial charge in [-0.15, -0.1) is 0 Å². The summed E-state index contributed by atoms with van der Waals surface area (Å²) < 4.78 is 27.1. The van der Waals surface area contributed by atoms with Crippen LogP contribution in [0.4, 0.5) is 0 Å². The molecule has 4 rings (SSSR count). The highest BCUT2D eigenvalue weighted by atomic mass is 32.2. The number of amidine groups is 1. The van der Waals surface area contributed by atoms with Gasteiger partial charge in [-0.1, -0.05) is 17.8 Å². The van der Waals surface area contributed by atoms with Gasteiger partial charge in [0, 0.05) is 26.0 Å². The predicted octanol–water partition coefficient (Wildman–Crippen LogP) is 3.15. The SMILES string of the molecule is COCCOC(=O)C1=C(C)N=C2SC=C(CC(=O)NCC3CCCO3)N2C1c1ccc(OC)c(OC)c1. The number of amides is 1. The Kier molecular flexibility index (Phi) is 9.12.